The fourth-order valence-corrected chi connectivity index (χ4v) is 5.39. The molecule has 0 fully saturated rings. The van der Waals surface area contributed by atoms with Crippen molar-refractivity contribution in [1.82, 2.24) is 15.5 Å². The Hall–Kier alpha value is -3.53. The van der Waals surface area contributed by atoms with Gasteiger partial charge >= 0.3 is 12.1 Å². The first kappa shape index (κ1) is 38.7. The second-order valence-electron chi connectivity index (χ2n) is 13.6. The maximum Gasteiger partial charge on any atom is 0.408 e. The summed E-state index contributed by atoms with van der Waals surface area (Å²) in [6.45, 7) is 16.6. The molecule has 3 unspecified atom stereocenters. The molecule has 0 aromatic heterocycles. The SMILES string of the molecule is CCCN(C(=O)C(CCSC)NC(=O)OC(C)(C)C)C(C(=O)NC(Cc1ccccc1)C(=O)OC(C)(C)C)c1cc(C)ccc1C. The van der Waals surface area contributed by atoms with Crippen molar-refractivity contribution in [2.24, 2.45) is 0 Å². The Morgan fingerprint density at radius 1 is 0.870 bits per heavy atom. The van der Waals surface area contributed by atoms with Gasteiger partial charge < -0.3 is 25.0 Å². The number of hydrogen-bond donors (Lipinski definition) is 2. The third-order valence-electron chi connectivity index (χ3n) is 6.93. The minimum absolute atomic E-state index is 0.208. The van der Waals surface area contributed by atoms with Crippen LogP contribution in [-0.4, -0.2) is 70.6 Å². The number of ether oxygens (including phenoxy) is 2. The second kappa shape index (κ2) is 17.4. The Balaban J connectivity index is 2.62. The van der Waals surface area contributed by atoms with E-state index in [0.29, 0.717) is 24.2 Å². The van der Waals surface area contributed by atoms with Crippen LogP contribution in [0.1, 0.15) is 89.6 Å². The van der Waals surface area contributed by atoms with Crippen LogP contribution in [0.25, 0.3) is 0 Å². The average molecular weight is 656 g/mol. The third kappa shape index (κ3) is 12.7. The molecule has 254 valence electrons. The van der Waals surface area contributed by atoms with E-state index in [1.54, 1.807) is 53.3 Å². The molecular formula is C36H53N3O6S. The summed E-state index contributed by atoms with van der Waals surface area (Å²) < 4.78 is 11.2. The number of nitrogens with one attached hydrogen (secondary N) is 2. The molecule has 0 aliphatic heterocycles. The maximum absolute atomic E-state index is 14.5. The summed E-state index contributed by atoms with van der Waals surface area (Å²) in [5.74, 6) is -0.880. The first-order chi connectivity index (χ1) is 21.5. The summed E-state index contributed by atoms with van der Waals surface area (Å²) in [6.07, 6.45) is 2.33. The molecule has 3 amide bonds. The Morgan fingerprint density at radius 2 is 1.50 bits per heavy atom. The highest BCUT2D eigenvalue weighted by atomic mass is 32.2. The van der Waals surface area contributed by atoms with Gasteiger partial charge in [0, 0.05) is 13.0 Å². The molecule has 10 heteroatoms. The van der Waals surface area contributed by atoms with E-state index in [-0.39, 0.29) is 13.0 Å². The first-order valence-electron chi connectivity index (χ1n) is 15.9. The van der Waals surface area contributed by atoms with E-state index in [1.807, 2.05) is 75.6 Å². The second-order valence-corrected chi connectivity index (χ2v) is 14.5. The Morgan fingerprint density at radius 3 is 2.07 bits per heavy atom. The molecule has 2 aromatic carbocycles. The lowest BCUT2D eigenvalue weighted by Crippen LogP contribution is -2.55. The van der Waals surface area contributed by atoms with Gasteiger partial charge in [-0.05, 0) is 96.9 Å². The molecule has 0 radical (unpaired) electrons. The summed E-state index contributed by atoms with van der Waals surface area (Å²) >= 11 is 1.55. The number of esters is 1. The van der Waals surface area contributed by atoms with E-state index in [1.165, 1.54) is 4.90 Å². The van der Waals surface area contributed by atoms with Gasteiger partial charge in [0.15, 0.2) is 0 Å². The number of alkyl carbamates (subject to hydrolysis) is 1. The Bertz CT molecular complexity index is 1320. The monoisotopic (exact) mass is 655 g/mol. The van der Waals surface area contributed by atoms with Crippen LogP contribution in [-0.2, 0) is 30.3 Å². The molecule has 0 aliphatic rings. The molecule has 3 atom stereocenters. The van der Waals surface area contributed by atoms with Gasteiger partial charge in [0.1, 0.15) is 29.3 Å². The van der Waals surface area contributed by atoms with E-state index < -0.39 is 53.2 Å². The normalized spacial score (nSPS) is 13.6. The predicted octanol–water partition coefficient (Wildman–Crippen LogP) is 6.30. The molecule has 0 spiro atoms. The highest BCUT2D eigenvalue weighted by molar-refractivity contribution is 7.98. The predicted molar refractivity (Wildman–Crippen MR) is 185 cm³/mol. The summed E-state index contributed by atoms with van der Waals surface area (Å²) in [7, 11) is 0. The van der Waals surface area contributed by atoms with Crippen LogP contribution < -0.4 is 10.6 Å². The highest BCUT2D eigenvalue weighted by Gasteiger charge is 2.38. The number of carbonyl (C=O) groups excluding carboxylic acids is 4. The summed E-state index contributed by atoms with van der Waals surface area (Å²) in [5.41, 5.74) is 1.70. The molecule has 2 rings (SSSR count). The fourth-order valence-electron chi connectivity index (χ4n) is 4.92. The zero-order chi connectivity index (χ0) is 34.7. The van der Waals surface area contributed by atoms with Crippen LogP contribution in [0.5, 0.6) is 0 Å². The van der Waals surface area contributed by atoms with Crippen LogP contribution in [0, 0.1) is 13.8 Å². The van der Waals surface area contributed by atoms with Gasteiger partial charge in [-0.25, -0.2) is 9.59 Å². The molecule has 46 heavy (non-hydrogen) atoms. The number of rotatable bonds is 14. The van der Waals surface area contributed by atoms with Crippen LogP contribution in [0.4, 0.5) is 4.79 Å². The fraction of sp³-hybridized carbons (Fsp3) is 0.556. The minimum Gasteiger partial charge on any atom is -0.458 e. The van der Waals surface area contributed by atoms with Gasteiger partial charge in [-0.3, -0.25) is 9.59 Å². The van der Waals surface area contributed by atoms with Crippen molar-refractivity contribution in [1.29, 1.82) is 0 Å². The lowest BCUT2D eigenvalue weighted by Gasteiger charge is -2.36. The molecule has 0 saturated heterocycles. The zero-order valence-electron chi connectivity index (χ0n) is 29.2. The van der Waals surface area contributed by atoms with Crippen LogP contribution in [0.2, 0.25) is 0 Å². The van der Waals surface area contributed by atoms with Crippen molar-refractivity contribution in [3.05, 3.63) is 70.8 Å². The first-order valence-corrected chi connectivity index (χ1v) is 17.3. The van der Waals surface area contributed by atoms with E-state index in [9.17, 15) is 19.2 Å². The summed E-state index contributed by atoms with van der Waals surface area (Å²) in [6, 6.07) is 12.1. The van der Waals surface area contributed by atoms with Gasteiger partial charge in [-0.1, -0.05) is 61.0 Å². The molecule has 9 nitrogen and oxygen atoms in total. The lowest BCUT2D eigenvalue weighted by atomic mass is 9.95. The van der Waals surface area contributed by atoms with Crippen molar-refractivity contribution < 1.29 is 28.7 Å². The largest absolute Gasteiger partial charge is 0.458 e. The number of amides is 3. The van der Waals surface area contributed by atoms with E-state index >= 15 is 0 Å². The molecule has 0 aliphatic carbocycles. The zero-order valence-corrected chi connectivity index (χ0v) is 30.0. The van der Waals surface area contributed by atoms with Gasteiger partial charge in [0.2, 0.25) is 11.8 Å². The number of thioether (sulfide) groups is 1. The van der Waals surface area contributed by atoms with Crippen LogP contribution in [0.3, 0.4) is 0 Å². The molecule has 0 saturated carbocycles. The molecule has 0 bridgehead atoms. The molecule has 2 aromatic rings. The quantitative estimate of drug-likeness (QED) is 0.230. The van der Waals surface area contributed by atoms with Crippen molar-refractivity contribution in [3.63, 3.8) is 0 Å². The number of carbonyl (C=O) groups is 4. The number of benzene rings is 2. The van der Waals surface area contributed by atoms with Gasteiger partial charge in [-0.15, -0.1) is 0 Å². The average Bonchev–Trinajstić information content (AvgIpc) is 2.94. The minimum atomic E-state index is -1.08. The topological polar surface area (TPSA) is 114 Å². The molecular weight excluding hydrogens is 602 g/mol. The van der Waals surface area contributed by atoms with Crippen LogP contribution in [0.15, 0.2) is 48.5 Å². The standard InChI is InChI=1S/C36H53N3O6S/c1-11-20-39(32(41)28(19-21-46-10)38-34(43)45-36(7,8)9)30(27-22-24(2)17-18-25(27)3)31(40)37-29(33(42)44-35(4,5)6)23-26-15-13-12-14-16-26/h12-18,22,28-30H,11,19-21,23H2,1-10H3,(H,37,40)(H,38,43). The van der Waals surface area contributed by atoms with Crippen molar-refractivity contribution in [2.75, 3.05) is 18.6 Å². The van der Waals surface area contributed by atoms with Crippen molar-refractivity contribution >= 4 is 35.6 Å². The summed E-state index contributed by atoms with van der Waals surface area (Å²) in [5, 5.41) is 5.72. The highest BCUT2D eigenvalue weighted by Crippen LogP contribution is 2.28. The molecule has 2 N–H and O–H groups in total. The lowest BCUT2D eigenvalue weighted by molar-refractivity contribution is -0.159. The molecule has 0 heterocycles. The van der Waals surface area contributed by atoms with Gasteiger partial charge in [0.05, 0.1) is 0 Å². The van der Waals surface area contributed by atoms with Gasteiger partial charge in [0.25, 0.3) is 0 Å². The Kier molecular flexibility index (Phi) is 14.6. The summed E-state index contributed by atoms with van der Waals surface area (Å²) in [4.78, 5) is 56.8. The smallest absolute Gasteiger partial charge is 0.408 e. The number of nitrogens with zero attached hydrogens (tertiary/aromatic N) is 1. The van der Waals surface area contributed by atoms with E-state index in [0.717, 1.165) is 16.7 Å². The Labute approximate surface area is 279 Å². The van der Waals surface area contributed by atoms with E-state index in [2.05, 4.69) is 10.6 Å². The van der Waals surface area contributed by atoms with E-state index in [4.69, 9.17) is 9.47 Å². The van der Waals surface area contributed by atoms with Crippen molar-refractivity contribution in [2.45, 2.75) is 111 Å². The maximum atomic E-state index is 14.5. The van der Waals surface area contributed by atoms with Crippen molar-refractivity contribution in [3.8, 4) is 0 Å². The number of hydrogen-bond acceptors (Lipinski definition) is 7. The van der Waals surface area contributed by atoms with Crippen LogP contribution >= 0.6 is 11.8 Å². The number of aryl methyl sites for hydroxylation is 2. The van der Waals surface area contributed by atoms with Gasteiger partial charge in [-0.2, -0.15) is 11.8 Å². The third-order valence-corrected chi connectivity index (χ3v) is 7.57.